The van der Waals surface area contributed by atoms with Gasteiger partial charge in [0.1, 0.15) is 0 Å². The van der Waals surface area contributed by atoms with E-state index in [2.05, 4.69) is 15.6 Å². The van der Waals surface area contributed by atoms with Gasteiger partial charge >= 0.3 is 0 Å². The Morgan fingerprint density at radius 2 is 2.12 bits per heavy atom. The van der Waals surface area contributed by atoms with Gasteiger partial charge in [-0.3, -0.25) is 4.79 Å². The summed E-state index contributed by atoms with van der Waals surface area (Å²) in [6, 6.07) is 1.29. The van der Waals surface area contributed by atoms with Crippen LogP contribution in [0.5, 0.6) is 5.88 Å². The zero-order valence-electron chi connectivity index (χ0n) is 14.8. The molecule has 3 rings (SSSR count). The zero-order chi connectivity index (χ0) is 17.6. The highest BCUT2D eigenvalue weighted by Gasteiger charge is 2.23. The standard InChI is InChI=1S/C18H27FN4O2/c1-25-18-13(12-21-17(24)15-7-6-8-20-15)11-14(19)16(22-18)23-9-4-2-3-5-10-23/h11,15,20H,2-10,12H2,1H3,(H,21,24)/t15-/m0/s1. The summed E-state index contributed by atoms with van der Waals surface area (Å²) in [7, 11) is 1.52. The molecule has 0 aromatic carbocycles. The Hall–Kier alpha value is -1.89. The number of carbonyl (C=O) groups excluding carboxylic acids is 1. The first kappa shape index (κ1) is 17.9. The molecule has 3 heterocycles. The quantitative estimate of drug-likeness (QED) is 0.850. The van der Waals surface area contributed by atoms with E-state index >= 15 is 0 Å². The zero-order valence-corrected chi connectivity index (χ0v) is 14.8. The first-order chi connectivity index (χ1) is 12.2. The number of anilines is 1. The second-order valence-electron chi connectivity index (χ2n) is 6.73. The highest BCUT2D eigenvalue weighted by atomic mass is 19.1. The summed E-state index contributed by atoms with van der Waals surface area (Å²) in [6.07, 6.45) is 6.29. The van der Waals surface area contributed by atoms with E-state index in [1.165, 1.54) is 26.0 Å². The number of halogens is 1. The number of rotatable bonds is 5. The third-order valence-electron chi connectivity index (χ3n) is 4.93. The number of hydrogen-bond acceptors (Lipinski definition) is 5. The summed E-state index contributed by atoms with van der Waals surface area (Å²) in [5.41, 5.74) is 0.560. The molecule has 25 heavy (non-hydrogen) atoms. The van der Waals surface area contributed by atoms with Crippen LogP contribution in [0.1, 0.15) is 44.1 Å². The van der Waals surface area contributed by atoms with E-state index in [1.807, 2.05) is 4.90 Å². The monoisotopic (exact) mass is 350 g/mol. The summed E-state index contributed by atoms with van der Waals surface area (Å²) < 4.78 is 20.0. The molecule has 2 fully saturated rings. The normalized spacial score (nSPS) is 21.0. The van der Waals surface area contributed by atoms with Crippen molar-refractivity contribution in [1.29, 1.82) is 0 Å². The van der Waals surface area contributed by atoms with Crippen molar-refractivity contribution in [3.63, 3.8) is 0 Å². The molecule has 0 aliphatic carbocycles. The van der Waals surface area contributed by atoms with Crippen molar-refractivity contribution in [2.45, 2.75) is 51.1 Å². The van der Waals surface area contributed by atoms with Crippen molar-refractivity contribution in [2.75, 3.05) is 31.6 Å². The number of hydrogen-bond donors (Lipinski definition) is 2. The van der Waals surface area contributed by atoms with Gasteiger partial charge in [-0.1, -0.05) is 12.8 Å². The van der Waals surface area contributed by atoms with Crippen LogP contribution in [0.15, 0.2) is 6.07 Å². The van der Waals surface area contributed by atoms with E-state index in [0.29, 0.717) is 17.3 Å². The average molecular weight is 350 g/mol. The minimum atomic E-state index is -0.356. The highest BCUT2D eigenvalue weighted by Crippen LogP contribution is 2.26. The lowest BCUT2D eigenvalue weighted by molar-refractivity contribution is -0.122. The van der Waals surface area contributed by atoms with Crippen LogP contribution < -0.4 is 20.3 Å². The van der Waals surface area contributed by atoms with Crippen molar-refractivity contribution < 1.29 is 13.9 Å². The summed E-state index contributed by atoms with van der Waals surface area (Å²) >= 11 is 0. The third kappa shape index (κ3) is 4.39. The maximum atomic E-state index is 14.6. The van der Waals surface area contributed by atoms with Crippen molar-refractivity contribution in [3.8, 4) is 5.88 Å². The van der Waals surface area contributed by atoms with Crippen molar-refractivity contribution in [1.82, 2.24) is 15.6 Å². The fourth-order valence-electron chi connectivity index (χ4n) is 3.52. The molecule has 2 N–H and O–H groups in total. The predicted octanol–water partition coefficient (Wildman–Crippen LogP) is 1.98. The van der Waals surface area contributed by atoms with E-state index in [1.54, 1.807) is 0 Å². The van der Waals surface area contributed by atoms with Crippen LogP contribution in [0.2, 0.25) is 0 Å². The summed E-state index contributed by atoms with van der Waals surface area (Å²) in [5.74, 6) is 0.314. The van der Waals surface area contributed by atoms with Crippen LogP contribution in [0.25, 0.3) is 0 Å². The summed E-state index contributed by atoms with van der Waals surface area (Å²) in [6.45, 7) is 2.71. The van der Waals surface area contributed by atoms with Crippen LogP contribution in [-0.2, 0) is 11.3 Å². The minimum absolute atomic E-state index is 0.0587. The van der Waals surface area contributed by atoms with Gasteiger partial charge in [0.2, 0.25) is 11.8 Å². The molecule has 7 heteroatoms. The Morgan fingerprint density at radius 3 is 2.76 bits per heavy atom. The Morgan fingerprint density at radius 1 is 1.36 bits per heavy atom. The first-order valence-electron chi connectivity index (χ1n) is 9.18. The number of nitrogens with one attached hydrogen (secondary N) is 2. The van der Waals surface area contributed by atoms with Gasteiger partial charge in [0.05, 0.1) is 13.2 Å². The van der Waals surface area contributed by atoms with Crippen molar-refractivity contribution in [3.05, 3.63) is 17.4 Å². The van der Waals surface area contributed by atoms with Crippen molar-refractivity contribution >= 4 is 11.7 Å². The Bertz CT molecular complexity index is 597. The minimum Gasteiger partial charge on any atom is -0.481 e. The van der Waals surface area contributed by atoms with Gasteiger partial charge < -0.3 is 20.3 Å². The molecule has 0 radical (unpaired) electrons. The molecule has 6 nitrogen and oxygen atoms in total. The molecule has 0 spiro atoms. The molecule has 2 aliphatic heterocycles. The van der Waals surface area contributed by atoms with Gasteiger partial charge in [0, 0.05) is 25.2 Å². The molecule has 0 saturated carbocycles. The third-order valence-corrected chi connectivity index (χ3v) is 4.93. The summed E-state index contributed by atoms with van der Waals surface area (Å²) in [4.78, 5) is 18.5. The largest absolute Gasteiger partial charge is 0.481 e. The van der Waals surface area contributed by atoms with E-state index < -0.39 is 0 Å². The number of pyridine rings is 1. The Balaban J connectivity index is 1.71. The smallest absolute Gasteiger partial charge is 0.237 e. The number of methoxy groups -OCH3 is 1. The molecule has 0 unspecified atom stereocenters. The topological polar surface area (TPSA) is 66.5 Å². The van der Waals surface area contributed by atoms with Gasteiger partial charge in [-0.2, -0.15) is 4.98 Å². The SMILES string of the molecule is COc1nc(N2CCCCCC2)c(F)cc1CNC(=O)[C@@H]1CCCN1. The Labute approximate surface area is 148 Å². The lowest BCUT2D eigenvalue weighted by atomic mass is 10.2. The van der Waals surface area contributed by atoms with Gasteiger partial charge in [-0.15, -0.1) is 0 Å². The van der Waals surface area contributed by atoms with Gasteiger partial charge in [-0.05, 0) is 38.3 Å². The predicted molar refractivity (Wildman–Crippen MR) is 94.3 cm³/mol. The number of ether oxygens (including phenoxy) is 1. The number of aromatic nitrogens is 1. The van der Waals surface area contributed by atoms with E-state index in [0.717, 1.165) is 45.3 Å². The second-order valence-corrected chi connectivity index (χ2v) is 6.73. The fraction of sp³-hybridized carbons (Fsp3) is 0.667. The molecular formula is C18H27FN4O2. The lowest BCUT2D eigenvalue weighted by Crippen LogP contribution is -2.40. The van der Waals surface area contributed by atoms with Crippen LogP contribution in [0.4, 0.5) is 10.2 Å². The van der Waals surface area contributed by atoms with Gasteiger partial charge in [-0.25, -0.2) is 4.39 Å². The average Bonchev–Trinajstić information content (AvgIpc) is 3.03. The Kier molecular flexibility index (Phi) is 6.07. The molecule has 1 amide bonds. The number of carbonyl (C=O) groups is 1. The molecule has 2 saturated heterocycles. The molecule has 138 valence electrons. The first-order valence-corrected chi connectivity index (χ1v) is 9.18. The summed E-state index contributed by atoms with van der Waals surface area (Å²) in [5, 5.41) is 6.00. The van der Waals surface area contributed by atoms with E-state index in [9.17, 15) is 9.18 Å². The lowest BCUT2D eigenvalue weighted by Gasteiger charge is -2.23. The van der Waals surface area contributed by atoms with Gasteiger partial charge in [0.25, 0.3) is 0 Å². The number of amides is 1. The van der Waals surface area contributed by atoms with Crippen LogP contribution >= 0.6 is 0 Å². The molecule has 0 bridgehead atoms. The van der Waals surface area contributed by atoms with Gasteiger partial charge in [0.15, 0.2) is 11.6 Å². The molecule has 1 aromatic heterocycles. The van der Waals surface area contributed by atoms with Crippen LogP contribution in [0.3, 0.4) is 0 Å². The fourth-order valence-corrected chi connectivity index (χ4v) is 3.52. The maximum absolute atomic E-state index is 14.6. The maximum Gasteiger partial charge on any atom is 0.237 e. The number of nitrogens with zero attached hydrogens (tertiary/aromatic N) is 2. The van der Waals surface area contributed by atoms with Crippen LogP contribution in [0, 0.1) is 5.82 Å². The van der Waals surface area contributed by atoms with E-state index in [4.69, 9.17) is 4.74 Å². The molecule has 1 atom stereocenters. The molecule has 2 aliphatic rings. The second kappa shape index (κ2) is 8.47. The highest BCUT2D eigenvalue weighted by molar-refractivity contribution is 5.82. The van der Waals surface area contributed by atoms with Crippen LogP contribution in [-0.4, -0.2) is 43.7 Å². The van der Waals surface area contributed by atoms with Crippen molar-refractivity contribution in [2.24, 2.45) is 0 Å². The molecular weight excluding hydrogens is 323 g/mol. The van der Waals surface area contributed by atoms with E-state index in [-0.39, 0.29) is 24.3 Å². The molecule has 1 aromatic rings.